The van der Waals surface area contributed by atoms with Gasteiger partial charge in [0.1, 0.15) is 11.2 Å². The molecule has 22 heavy (non-hydrogen) atoms. The Bertz CT molecular complexity index is 1000. The third-order valence-electron chi connectivity index (χ3n) is 4.44. The van der Waals surface area contributed by atoms with E-state index >= 15 is 0 Å². The molecule has 3 heterocycles. The first-order valence-electron chi connectivity index (χ1n) is 7.44. The summed E-state index contributed by atoms with van der Waals surface area (Å²) in [7, 11) is 0. The molecular formula is C18H19N4+. The largest absolute Gasteiger partial charge is 0.295 e. The molecule has 0 amide bonds. The van der Waals surface area contributed by atoms with Gasteiger partial charge in [-0.2, -0.15) is 0 Å². The lowest BCUT2D eigenvalue weighted by Crippen LogP contribution is -2.47. The molecule has 0 saturated carbocycles. The van der Waals surface area contributed by atoms with E-state index in [0.29, 0.717) is 0 Å². The standard InChI is InChI=1S/C18H19N4/c1-12-7-6-8-13(2)17(12)21-14(3)22(19)18-16(21)11-15-9-4-5-10-20(15)18/h4-11H,19H2,1-3H3/q+1. The number of aryl methyl sites for hydroxylation is 2. The molecule has 4 nitrogen and oxygen atoms in total. The van der Waals surface area contributed by atoms with Crippen molar-refractivity contribution < 1.29 is 4.68 Å². The van der Waals surface area contributed by atoms with E-state index in [0.717, 1.165) is 22.5 Å². The van der Waals surface area contributed by atoms with Crippen molar-refractivity contribution in [1.82, 2.24) is 8.97 Å². The molecule has 0 fully saturated rings. The van der Waals surface area contributed by atoms with Crippen molar-refractivity contribution in [2.24, 2.45) is 0 Å². The average molecular weight is 291 g/mol. The Morgan fingerprint density at radius 1 is 0.955 bits per heavy atom. The van der Waals surface area contributed by atoms with Gasteiger partial charge in [0.15, 0.2) is 5.52 Å². The summed E-state index contributed by atoms with van der Waals surface area (Å²) < 4.78 is 6.16. The molecule has 1 aromatic carbocycles. The molecule has 0 aliphatic heterocycles. The van der Waals surface area contributed by atoms with Crippen LogP contribution in [0.5, 0.6) is 0 Å². The lowest BCUT2D eigenvalue weighted by Gasteiger charge is -2.08. The van der Waals surface area contributed by atoms with E-state index in [1.54, 1.807) is 4.68 Å². The van der Waals surface area contributed by atoms with E-state index in [-0.39, 0.29) is 0 Å². The van der Waals surface area contributed by atoms with Gasteiger partial charge in [-0.05, 0) is 37.1 Å². The third-order valence-corrected chi connectivity index (χ3v) is 4.44. The predicted octanol–water partition coefficient (Wildman–Crippen LogP) is 2.81. The molecule has 4 rings (SSSR count). The minimum absolute atomic E-state index is 1.01. The molecule has 3 aromatic heterocycles. The van der Waals surface area contributed by atoms with Crippen LogP contribution >= 0.6 is 0 Å². The zero-order chi connectivity index (χ0) is 15.4. The van der Waals surface area contributed by atoms with Gasteiger partial charge < -0.3 is 0 Å². The fourth-order valence-electron chi connectivity index (χ4n) is 3.37. The van der Waals surface area contributed by atoms with Crippen molar-refractivity contribution in [2.75, 3.05) is 5.84 Å². The van der Waals surface area contributed by atoms with E-state index in [1.807, 2.05) is 12.1 Å². The Kier molecular flexibility index (Phi) is 2.57. The highest BCUT2D eigenvalue weighted by Crippen LogP contribution is 2.27. The minimum Gasteiger partial charge on any atom is -0.289 e. The number of pyridine rings is 1. The zero-order valence-electron chi connectivity index (χ0n) is 13.0. The SMILES string of the molecule is Cc1cccc(C)c1-n1c(C)[n+](N)c2c1cc1ccccn12. The number of imidazole rings is 1. The molecule has 0 atom stereocenters. The molecule has 0 aliphatic rings. The highest BCUT2D eigenvalue weighted by molar-refractivity contribution is 5.81. The maximum atomic E-state index is 6.36. The maximum Gasteiger partial charge on any atom is 0.295 e. The second kappa shape index (κ2) is 4.37. The van der Waals surface area contributed by atoms with E-state index in [1.165, 1.54) is 16.8 Å². The highest BCUT2D eigenvalue weighted by Gasteiger charge is 2.26. The molecular weight excluding hydrogens is 272 g/mol. The summed E-state index contributed by atoms with van der Waals surface area (Å²) >= 11 is 0. The monoisotopic (exact) mass is 291 g/mol. The molecule has 0 spiro atoms. The highest BCUT2D eigenvalue weighted by atomic mass is 15.4. The zero-order valence-corrected chi connectivity index (χ0v) is 13.0. The van der Waals surface area contributed by atoms with E-state index in [4.69, 9.17) is 5.84 Å². The molecule has 2 N–H and O–H groups in total. The Morgan fingerprint density at radius 3 is 2.41 bits per heavy atom. The predicted molar refractivity (Wildman–Crippen MR) is 88.8 cm³/mol. The van der Waals surface area contributed by atoms with Crippen molar-refractivity contribution in [2.45, 2.75) is 20.8 Å². The molecule has 0 radical (unpaired) electrons. The second-order valence-electron chi connectivity index (χ2n) is 5.84. The third kappa shape index (κ3) is 1.55. The normalized spacial score (nSPS) is 11.6. The van der Waals surface area contributed by atoms with Crippen molar-refractivity contribution in [3.8, 4) is 5.69 Å². The van der Waals surface area contributed by atoms with Gasteiger partial charge in [0.25, 0.3) is 5.65 Å². The maximum absolute atomic E-state index is 6.36. The molecule has 4 aromatic rings. The lowest BCUT2D eigenvalue weighted by atomic mass is 10.1. The van der Waals surface area contributed by atoms with Crippen molar-refractivity contribution >= 4 is 16.7 Å². The summed E-state index contributed by atoms with van der Waals surface area (Å²) in [6.07, 6.45) is 2.05. The van der Waals surface area contributed by atoms with Gasteiger partial charge in [-0.1, -0.05) is 24.3 Å². The van der Waals surface area contributed by atoms with Crippen LogP contribution in [0, 0.1) is 20.8 Å². The molecule has 0 unspecified atom stereocenters. The number of para-hydroxylation sites is 1. The van der Waals surface area contributed by atoms with E-state index in [2.05, 4.69) is 66.3 Å². The quantitative estimate of drug-likeness (QED) is 0.425. The van der Waals surface area contributed by atoms with Crippen molar-refractivity contribution in [3.63, 3.8) is 0 Å². The molecule has 0 bridgehead atoms. The Labute approximate surface area is 129 Å². The van der Waals surface area contributed by atoms with Crippen molar-refractivity contribution in [3.05, 3.63) is 65.6 Å². The van der Waals surface area contributed by atoms with E-state index in [9.17, 15) is 0 Å². The number of benzene rings is 1. The van der Waals surface area contributed by atoms with Gasteiger partial charge in [-0.3, -0.25) is 5.84 Å². The summed E-state index contributed by atoms with van der Waals surface area (Å²) in [4.78, 5) is 0. The van der Waals surface area contributed by atoms with Crippen molar-refractivity contribution in [1.29, 1.82) is 0 Å². The minimum atomic E-state index is 1.01. The van der Waals surface area contributed by atoms with Gasteiger partial charge in [0.05, 0.1) is 6.20 Å². The number of rotatable bonds is 1. The van der Waals surface area contributed by atoms with Crippen LogP contribution in [0.25, 0.3) is 22.4 Å². The van der Waals surface area contributed by atoms with Crippen LogP contribution in [0.4, 0.5) is 0 Å². The summed E-state index contributed by atoms with van der Waals surface area (Å²) in [5.41, 5.74) is 6.99. The lowest BCUT2D eigenvalue weighted by molar-refractivity contribution is -0.621. The summed E-state index contributed by atoms with van der Waals surface area (Å²) in [5, 5.41) is 0. The number of nitrogens with zero attached hydrogens (tertiary/aromatic N) is 3. The Balaban J connectivity index is 2.21. The first-order chi connectivity index (χ1) is 10.6. The number of hydrogen-bond donors (Lipinski definition) is 1. The van der Waals surface area contributed by atoms with Gasteiger partial charge in [0, 0.05) is 13.0 Å². The van der Waals surface area contributed by atoms with Gasteiger partial charge in [0.2, 0.25) is 5.82 Å². The van der Waals surface area contributed by atoms with Crippen LogP contribution in [0.1, 0.15) is 17.0 Å². The number of hydrogen-bond acceptors (Lipinski definition) is 1. The topological polar surface area (TPSA) is 39.2 Å². The summed E-state index contributed by atoms with van der Waals surface area (Å²) in [5.74, 6) is 7.38. The molecule has 4 heteroatoms. The molecule has 110 valence electrons. The van der Waals surface area contributed by atoms with Crippen LogP contribution in [0.15, 0.2) is 48.7 Å². The van der Waals surface area contributed by atoms with Gasteiger partial charge >= 0.3 is 0 Å². The Hall–Kier alpha value is -2.75. The smallest absolute Gasteiger partial charge is 0.289 e. The Morgan fingerprint density at radius 2 is 1.68 bits per heavy atom. The first kappa shape index (κ1) is 13.0. The summed E-state index contributed by atoms with van der Waals surface area (Å²) in [6.45, 7) is 6.34. The van der Waals surface area contributed by atoms with Crippen LogP contribution in [-0.4, -0.2) is 8.97 Å². The van der Waals surface area contributed by atoms with E-state index < -0.39 is 0 Å². The van der Waals surface area contributed by atoms with Crippen LogP contribution < -0.4 is 10.5 Å². The second-order valence-corrected chi connectivity index (χ2v) is 5.84. The summed E-state index contributed by atoms with van der Waals surface area (Å²) in [6, 6.07) is 14.7. The number of nitrogens with two attached hydrogens (primary N) is 1. The number of fused-ring (bicyclic) bond motifs is 3. The first-order valence-corrected chi connectivity index (χ1v) is 7.44. The van der Waals surface area contributed by atoms with Crippen LogP contribution in [0.2, 0.25) is 0 Å². The van der Waals surface area contributed by atoms with Crippen LogP contribution in [0.3, 0.4) is 0 Å². The number of nitrogen functional groups attached to an aromatic ring is 1. The fraction of sp³-hybridized carbons (Fsp3) is 0.167. The molecule has 0 saturated heterocycles. The average Bonchev–Trinajstić information content (AvgIpc) is 2.98. The number of aromatic nitrogens is 3. The van der Waals surface area contributed by atoms with Gasteiger partial charge in [-0.15, -0.1) is 4.68 Å². The van der Waals surface area contributed by atoms with Crippen LogP contribution in [-0.2, 0) is 0 Å². The fourth-order valence-corrected chi connectivity index (χ4v) is 3.37. The molecule has 0 aliphatic carbocycles. The van der Waals surface area contributed by atoms with Gasteiger partial charge in [-0.25, -0.2) is 8.97 Å².